The van der Waals surface area contributed by atoms with Gasteiger partial charge in [0.05, 0.1) is 0 Å². The Morgan fingerprint density at radius 3 is 2.85 bits per heavy atom. The minimum atomic E-state index is -0.545. The Balaban J connectivity index is 1.69. The summed E-state index contributed by atoms with van der Waals surface area (Å²) in [6, 6.07) is 8.95. The summed E-state index contributed by atoms with van der Waals surface area (Å²) in [6.45, 7) is 1.86. The number of hydrogen-bond donors (Lipinski definition) is 2. The van der Waals surface area contributed by atoms with Gasteiger partial charge in [0, 0.05) is 43.5 Å². The molecule has 0 saturated carbocycles. The maximum atomic E-state index is 13.9. The molecule has 2 heterocycles. The van der Waals surface area contributed by atoms with Crippen LogP contribution in [0.4, 0.5) is 9.18 Å². The predicted molar refractivity (Wildman–Crippen MR) is 91.7 cm³/mol. The first-order valence-electron chi connectivity index (χ1n) is 8.05. The third-order valence-electron chi connectivity index (χ3n) is 3.98. The van der Waals surface area contributed by atoms with Gasteiger partial charge >= 0.3 is 6.03 Å². The van der Waals surface area contributed by atoms with Crippen LogP contribution >= 0.6 is 0 Å². The number of nitriles is 1. The zero-order valence-electron chi connectivity index (χ0n) is 13.8. The smallest absolute Gasteiger partial charge is 0.317 e. The molecule has 8 heteroatoms. The lowest BCUT2D eigenvalue weighted by molar-refractivity contribution is 0.0950. The van der Waals surface area contributed by atoms with E-state index in [0.717, 1.165) is 6.07 Å². The van der Waals surface area contributed by atoms with Gasteiger partial charge in [0.2, 0.25) is 0 Å². The summed E-state index contributed by atoms with van der Waals surface area (Å²) in [5.41, 5.74) is 1.53. The summed E-state index contributed by atoms with van der Waals surface area (Å²) < 4.78 is 13.9. The Morgan fingerprint density at radius 2 is 2.19 bits per heavy atom. The SMILES string of the molecule is N#Cc1ccc(-c2cc(F)cc(C(=O)NCCN3CCNC3=O)c2)cn1. The van der Waals surface area contributed by atoms with Gasteiger partial charge in [-0.05, 0) is 35.9 Å². The number of halogens is 1. The highest BCUT2D eigenvalue weighted by Gasteiger charge is 2.19. The number of urea groups is 1. The first-order valence-corrected chi connectivity index (χ1v) is 8.05. The zero-order chi connectivity index (χ0) is 18.5. The minimum Gasteiger partial charge on any atom is -0.350 e. The normalized spacial score (nSPS) is 13.2. The third kappa shape index (κ3) is 3.95. The molecular weight excluding hydrogens is 337 g/mol. The third-order valence-corrected chi connectivity index (χ3v) is 3.98. The van der Waals surface area contributed by atoms with Gasteiger partial charge < -0.3 is 15.5 Å². The maximum absolute atomic E-state index is 13.9. The number of benzene rings is 1. The fraction of sp³-hybridized carbons (Fsp3) is 0.222. The first kappa shape index (κ1) is 17.4. The monoisotopic (exact) mass is 353 g/mol. The van der Waals surface area contributed by atoms with Crippen LogP contribution in [-0.2, 0) is 0 Å². The van der Waals surface area contributed by atoms with Crippen LogP contribution in [0.3, 0.4) is 0 Å². The quantitative estimate of drug-likeness (QED) is 0.851. The van der Waals surface area contributed by atoms with E-state index in [0.29, 0.717) is 30.8 Å². The molecule has 0 atom stereocenters. The molecule has 0 aliphatic carbocycles. The lowest BCUT2D eigenvalue weighted by Crippen LogP contribution is -2.36. The van der Waals surface area contributed by atoms with Crippen molar-refractivity contribution in [2.45, 2.75) is 0 Å². The highest BCUT2D eigenvalue weighted by atomic mass is 19.1. The number of carbonyl (C=O) groups is 2. The first-order chi connectivity index (χ1) is 12.6. The fourth-order valence-electron chi connectivity index (χ4n) is 2.65. The van der Waals surface area contributed by atoms with Gasteiger partial charge in [0.25, 0.3) is 5.91 Å². The van der Waals surface area contributed by atoms with E-state index in [1.807, 2.05) is 6.07 Å². The number of nitrogens with one attached hydrogen (secondary N) is 2. The van der Waals surface area contributed by atoms with Crippen molar-refractivity contribution < 1.29 is 14.0 Å². The average Bonchev–Trinajstić information content (AvgIpc) is 3.06. The number of hydrogen-bond acceptors (Lipinski definition) is 4. The van der Waals surface area contributed by atoms with Gasteiger partial charge in [-0.1, -0.05) is 0 Å². The van der Waals surface area contributed by atoms with Crippen LogP contribution in [0.15, 0.2) is 36.5 Å². The summed E-state index contributed by atoms with van der Waals surface area (Å²) in [4.78, 5) is 29.3. The van der Waals surface area contributed by atoms with Crippen LogP contribution in [0.5, 0.6) is 0 Å². The standard InChI is InChI=1S/C18H16FN5O2/c19-15-8-13(12-1-2-16(10-20)23-11-12)7-14(9-15)17(25)21-3-5-24-6-4-22-18(24)26/h1-2,7-9,11H,3-6H2,(H,21,25)(H,22,26). The molecule has 132 valence electrons. The number of amides is 3. The topological polar surface area (TPSA) is 98.1 Å². The van der Waals surface area contributed by atoms with E-state index in [9.17, 15) is 14.0 Å². The van der Waals surface area contributed by atoms with E-state index in [4.69, 9.17) is 5.26 Å². The van der Waals surface area contributed by atoms with Gasteiger partial charge in [0.15, 0.2) is 0 Å². The van der Waals surface area contributed by atoms with Crippen LogP contribution in [0.2, 0.25) is 0 Å². The summed E-state index contributed by atoms with van der Waals surface area (Å²) in [6.07, 6.45) is 1.46. The summed E-state index contributed by atoms with van der Waals surface area (Å²) in [7, 11) is 0. The Kier molecular flexibility index (Phi) is 5.08. The zero-order valence-corrected chi connectivity index (χ0v) is 13.8. The van der Waals surface area contributed by atoms with Crippen molar-refractivity contribution in [2.24, 2.45) is 0 Å². The van der Waals surface area contributed by atoms with E-state index in [-0.39, 0.29) is 23.8 Å². The van der Waals surface area contributed by atoms with Crippen LogP contribution < -0.4 is 10.6 Å². The minimum absolute atomic E-state index is 0.152. The fourth-order valence-corrected chi connectivity index (χ4v) is 2.65. The molecule has 1 fully saturated rings. The number of nitrogens with zero attached hydrogens (tertiary/aromatic N) is 3. The lowest BCUT2D eigenvalue weighted by atomic mass is 10.0. The lowest BCUT2D eigenvalue weighted by Gasteiger charge is -2.14. The van der Waals surface area contributed by atoms with Crippen molar-refractivity contribution >= 4 is 11.9 Å². The molecule has 26 heavy (non-hydrogen) atoms. The van der Waals surface area contributed by atoms with Crippen molar-refractivity contribution in [1.29, 1.82) is 5.26 Å². The molecule has 0 radical (unpaired) electrons. The van der Waals surface area contributed by atoms with Gasteiger partial charge in [-0.25, -0.2) is 14.2 Å². The second-order valence-electron chi connectivity index (χ2n) is 5.75. The van der Waals surface area contributed by atoms with Gasteiger partial charge in [0.1, 0.15) is 17.6 Å². The highest BCUT2D eigenvalue weighted by molar-refractivity contribution is 5.95. The Morgan fingerprint density at radius 1 is 1.35 bits per heavy atom. The summed E-state index contributed by atoms with van der Waals surface area (Å²) >= 11 is 0. The number of pyridine rings is 1. The molecule has 1 aromatic heterocycles. The van der Waals surface area contributed by atoms with Crippen LogP contribution in [0.25, 0.3) is 11.1 Å². The molecule has 3 rings (SSSR count). The maximum Gasteiger partial charge on any atom is 0.317 e. The Bertz CT molecular complexity index is 876. The molecule has 0 spiro atoms. The molecule has 1 aromatic carbocycles. The molecule has 7 nitrogen and oxygen atoms in total. The van der Waals surface area contributed by atoms with Crippen molar-refractivity contribution in [3.8, 4) is 17.2 Å². The second-order valence-corrected chi connectivity index (χ2v) is 5.75. The summed E-state index contributed by atoms with van der Waals surface area (Å²) in [5.74, 6) is -0.970. The number of carbonyl (C=O) groups excluding carboxylic acids is 2. The average molecular weight is 353 g/mol. The molecule has 1 aliphatic rings. The Labute approximate surface area is 149 Å². The Hall–Kier alpha value is -3.47. The van der Waals surface area contributed by atoms with Gasteiger partial charge in [-0.15, -0.1) is 0 Å². The molecule has 1 saturated heterocycles. The molecule has 2 N–H and O–H groups in total. The van der Waals surface area contributed by atoms with E-state index in [1.165, 1.54) is 18.3 Å². The molecule has 3 amide bonds. The van der Waals surface area contributed by atoms with E-state index in [2.05, 4.69) is 15.6 Å². The largest absolute Gasteiger partial charge is 0.350 e. The van der Waals surface area contributed by atoms with Crippen LogP contribution in [0.1, 0.15) is 16.1 Å². The molecule has 0 bridgehead atoms. The molecular formula is C18H16FN5O2. The van der Waals surface area contributed by atoms with Crippen molar-refractivity contribution in [3.63, 3.8) is 0 Å². The highest BCUT2D eigenvalue weighted by Crippen LogP contribution is 2.21. The van der Waals surface area contributed by atoms with E-state index < -0.39 is 11.7 Å². The van der Waals surface area contributed by atoms with E-state index in [1.54, 1.807) is 17.0 Å². The van der Waals surface area contributed by atoms with Crippen molar-refractivity contribution in [2.75, 3.05) is 26.2 Å². The summed E-state index contributed by atoms with van der Waals surface area (Å²) in [5, 5.41) is 14.1. The molecule has 1 aliphatic heterocycles. The van der Waals surface area contributed by atoms with E-state index >= 15 is 0 Å². The van der Waals surface area contributed by atoms with Crippen molar-refractivity contribution in [1.82, 2.24) is 20.5 Å². The van der Waals surface area contributed by atoms with Gasteiger partial charge in [-0.3, -0.25) is 4.79 Å². The van der Waals surface area contributed by atoms with Gasteiger partial charge in [-0.2, -0.15) is 5.26 Å². The number of aromatic nitrogens is 1. The number of rotatable bonds is 5. The van der Waals surface area contributed by atoms with Crippen molar-refractivity contribution in [3.05, 3.63) is 53.6 Å². The van der Waals surface area contributed by atoms with Crippen LogP contribution in [-0.4, -0.2) is 48.0 Å². The molecule has 2 aromatic rings. The predicted octanol–water partition coefficient (Wildman–Crippen LogP) is 1.51. The molecule has 0 unspecified atom stereocenters. The van der Waals surface area contributed by atoms with Crippen LogP contribution in [0, 0.1) is 17.1 Å². The second kappa shape index (κ2) is 7.61.